The zero-order valence-electron chi connectivity index (χ0n) is 11.6. The molecule has 0 aliphatic carbocycles. The minimum atomic E-state index is 0.0931. The Morgan fingerprint density at radius 3 is 2.38 bits per heavy atom. The maximum Gasteiger partial charge on any atom is 0.253 e. The molecule has 2 aromatic rings. The van der Waals surface area contributed by atoms with Gasteiger partial charge in [-0.05, 0) is 31.2 Å². The van der Waals surface area contributed by atoms with Crippen molar-refractivity contribution in [1.29, 1.82) is 0 Å². The number of amides is 1. The number of carbonyl (C=O) groups excluding carboxylic acids is 1. The first-order chi connectivity index (χ1) is 10.1. The van der Waals surface area contributed by atoms with Gasteiger partial charge in [-0.25, -0.2) is 0 Å². The quantitative estimate of drug-likeness (QED) is 0.819. The van der Waals surface area contributed by atoms with Gasteiger partial charge in [0.2, 0.25) is 5.13 Å². The lowest BCUT2D eigenvalue weighted by Crippen LogP contribution is -2.48. The van der Waals surface area contributed by atoms with Crippen LogP contribution < -0.4 is 4.90 Å². The molecule has 1 saturated heterocycles. The van der Waals surface area contributed by atoms with Gasteiger partial charge in [-0.3, -0.25) is 4.79 Å². The molecule has 0 N–H and O–H groups in total. The van der Waals surface area contributed by atoms with Crippen molar-refractivity contribution >= 4 is 38.3 Å². The maximum atomic E-state index is 12.4. The van der Waals surface area contributed by atoms with Crippen LogP contribution in [0.3, 0.4) is 0 Å². The highest BCUT2D eigenvalue weighted by Crippen LogP contribution is 2.21. The summed E-state index contributed by atoms with van der Waals surface area (Å²) in [6.07, 6.45) is 0. The number of nitrogens with zero attached hydrogens (tertiary/aromatic N) is 4. The van der Waals surface area contributed by atoms with Crippen molar-refractivity contribution in [2.75, 3.05) is 31.1 Å². The molecule has 110 valence electrons. The van der Waals surface area contributed by atoms with Crippen LogP contribution in [0.25, 0.3) is 0 Å². The zero-order chi connectivity index (χ0) is 14.8. The highest BCUT2D eigenvalue weighted by molar-refractivity contribution is 9.10. The van der Waals surface area contributed by atoms with Crippen molar-refractivity contribution in [2.45, 2.75) is 6.92 Å². The molecule has 7 heteroatoms. The fraction of sp³-hybridized carbons (Fsp3) is 0.357. The van der Waals surface area contributed by atoms with Crippen LogP contribution in [0.2, 0.25) is 0 Å². The summed E-state index contributed by atoms with van der Waals surface area (Å²) < 4.78 is 0.982. The summed E-state index contributed by atoms with van der Waals surface area (Å²) >= 11 is 4.98. The van der Waals surface area contributed by atoms with E-state index in [0.29, 0.717) is 13.1 Å². The molecule has 5 nitrogen and oxygen atoms in total. The average Bonchev–Trinajstić information content (AvgIpc) is 2.94. The van der Waals surface area contributed by atoms with E-state index in [1.807, 2.05) is 36.1 Å². The Kier molecular flexibility index (Phi) is 4.21. The molecule has 2 heterocycles. The lowest BCUT2D eigenvalue weighted by atomic mass is 10.2. The minimum absolute atomic E-state index is 0.0931. The van der Waals surface area contributed by atoms with Crippen LogP contribution in [-0.4, -0.2) is 47.2 Å². The summed E-state index contributed by atoms with van der Waals surface area (Å²) in [5, 5.41) is 10.1. The SMILES string of the molecule is Cc1nnc(N2CCN(C(=O)c3ccc(Br)cc3)CC2)s1. The predicted molar refractivity (Wildman–Crippen MR) is 86.9 cm³/mol. The number of aryl methyl sites for hydroxylation is 1. The number of hydrogen-bond acceptors (Lipinski definition) is 5. The Bertz CT molecular complexity index is 635. The Hall–Kier alpha value is -1.47. The normalized spacial score (nSPS) is 15.3. The van der Waals surface area contributed by atoms with Gasteiger partial charge in [-0.15, -0.1) is 10.2 Å². The van der Waals surface area contributed by atoms with Crippen molar-refractivity contribution in [1.82, 2.24) is 15.1 Å². The molecule has 1 aromatic heterocycles. The molecule has 0 saturated carbocycles. The molecular formula is C14H15BrN4OS. The van der Waals surface area contributed by atoms with Gasteiger partial charge < -0.3 is 9.80 Å². The molecule has 3 rings (SSSR count). The Morgan fingerprint density at radius 2 is 1.81 bits per heavy atom. The van der Waals surface area contributed by atoms with Crippen molar-refractivity contribution in [2.24, 2.45) is 0 Å². The third kappa shape index (κ3) is 3.24. The van der Waals surface area contributed by atoms with Gasteiger partial charge in [0.05, 0.1) is 0 Å². The smallest absolute Gasteiger partial charge is 0.253 e. The molecular weight excluding hydrogens is 352 g/mol. The lowest BCUT2D eigenvalue weighted by molar-refractivity contribution is 0.0746. The van der Waals surface area contributed by atoms with Crippen LogP contribution in [0.15, 0.2) is 28.7 Å². The van der Waals surface area contributed by atoms with Crippen molar-refractivity contribution in [3.63, 3.8) is 0 Å². The average molecular weight is 367 g/mol. The van der Waals surface area contributed by atoms with E-state index < -0.39 is 0 Å². The van der Waals surface area contributed by atoms with Crippen LogP contribution in [0.4, 0.5) is 5.13 Å². The molecule has 21 heavy (non-hydrogen) atoms. The second kappa shape index (κ2) is 6.11. The Morgan fingerprint density at radius 1 is 1.14 bits per heavy atom. The Labute approximate surface area is 135 Å². The minimum Gasteiger partial charge on any atom is -0.343 e. The van der Waals surface area contributed by atoms with Gasteiger partial charge in [0, 0.05) is 36.2 Å². The van der Waals surface area contributed by atoms with E-state index >= 15 is 0 Å². The summed E-state index contributed by atoms with van der Waals surface area (Å²) in [5.41, 5.74) is 0.735. The molecule has 0 bridgehead atoms. The molecule has 1 fully saturated rings. The zero-order valence-corrected chi connectivity index (χ0v) is 14.0. The number of rotatable bonds is 2. The predicted octanol–water partition coefficient (Wildman–Crippen LogP) is 2.57. The van der Waals surface area contributed by atoms with Crippen LogP contribution in [0.5, 0.6) is 0 Å². The number of benzene rings is 1. The summed E-state index contributed by atoms with van der Waals surface area (Å²) in [6, 6.07) is 7.50. The van der Waals surface area contributed by atoms with Crippen LogP contribution in [-0.2, 0) is 0 Å². The van der Waals surface area contributed by atoms with Crippen molar-refractivity contribution < 1.29 is 4.79 Å². The maximum absolute atomic E-state index is 12.4. The second-order valence-corrected chi connectivity index (χ2v) is 6.97. The molecule has 0 spiro atoms. The number of carbonyl (C=O) groups is 1. The summed E-state index contributed by atoms with van der Waals surface area (Å²) in [6.45, 7) is 4.99. The molecule has 0 radical (unpaired) electrons. The van der Waals surface area contributed by atoms with Gasteiger partial charge in [0.1, 0.15) is 5.01 Å². The number of anilines is 1. The highest BCUT2D eigenvalue weighted by Gasteiger charge is 2.23. The fourth-order valence-corrected chi connectivity index (χ4v) is 3.29. The van der Waals surface area contributed by atoms with Gasteiger partial charge in [0.25, 0.3) is 5.91 Å². The lowest BCUT2D eigenvalue weighted by Gasteiger charge is -2.34. The van der Waals surface area contributed by atoms with E-state index in [9.17, 15) is 4.79 Å². The monoisotopic (exact) mass is 366 g/mol. The van der Waals surface area contributed by atoms with Crippen molar-refractivity contribution in [3.8, 4) is 0 Å². The Balaban J connectivity index is 1.63. The van der Waals surface area contributed by atoms with E-state index in [0.717, 1.165) is 33.3 Å². The highest BCUT2D eigenvalue weighted by atomic mass is 79.9. The molecule has 1 aliphatic rings. The topological polar surface area (TPSA) is 49.3 Å². The summed E-state index contributed by atoms with van der Waals surface area (Å²) in [7, 11) is 0. The molecule has 1 aliphatic heterocycles. The molecule has 0 atom stereocenters. The third-order valence-electron chi connectivity index (χ3n) is 3.44. The van der Waals surface area contributed by atoms with E-state index in [2.05, 4.69) is 31.0 Å². The first-order valence-corrected chi connectivity index (χ1v) is 8.34. The van der Waals surface area contributed by atoms with Gasteiger partial charge in [-0.2, -0.15) is 0 Å². The van der Waals surface area contributed by atoms with Gasteiger partial charge >= 0.3 is 0 Å². The molecule has 1 amide bonds. The largest absolute Gasteiger partial charge is 0.343 e. The first-order valence-electron chi connectivity index (χ1n) is 6.73. The van der Waals surface area contributed by atoms with E-state index in [4.69, 9.17) is 0 Å². The summed E-state index contributed by atoms with van der Waals surface area (Å²) in [4.78, 5) is 16.5. The second-order valence-electron chi connectivity index (χ2n) is 4.89. The van der Waals surface area contributed by atoms with Crippen LogP contribution in [0, 0.1) is 6.92 Å². The van der Waals surface area contributed by atoms with Crippen LogP contribution in [0.1, 0.15) is 15.4 Å². The third-order valence-corrected chi connectivity index (χ3v) is 4.87. The molecule has 0 unspecified atom stereocenters. The van der Waals surface area contributed by atoms with E-state index in [1.54, 1.807) is 11.3 Å². The summed E-state index contributed by atoms with van der Waals surface area (Å²) in [5.74, 6) is 0.0931. The fourth-order valence-electron chi connectivity index (χ4n) is 2.29. The van der Waals surface area contributed by atoms with E-state index in [-0.39, 0.29) is 5.91 Å². The molecule has 1 aromatic carbocycles. The standard InChI is InChI=1S/C14H15BrN4OS/c1-10-16-17-14(21-10)19-8-6-18(7-9-19)13(20)11-2-4-12(15)5-3-11/h2-5H,6-9H2,1H3. The number of piperazine rings is 1. The van der Waals surface area contributed by atoms with Crippen LogP contribution >= 0.6 is 27.3 Å². The number of hydrogen-bond donors (Lipinski definition) is 0. The number of halogens is 1. The van der Waals surface area contributed by atoms with Gasteiger partial charge in [-0.1, -0.05) is 27.3 Å². The van der Waals surface area contributed by atoms with Gasteiger partial charge in [0.15, 0.2) is 0 Å². The van der Waals surface area contributed by atoms with E-state index in [1.165, 1.54) is 0 Å². The van der Waals surface area contributed by atoms with Crippen molar-refractivity contribution in [3.05, 3.63) is 39.3 Å². The number of aromatic nitrogens is 2. The first kappa shape index (κ1) is 14.5.